The fourth-order valence-electron chi connectivity index (χ4n) is 2.52. The number of carbonyl (C=O) groups excluding carboxylic acids is 1. The highest BCUT2D eigenvalue weighted by Gasteiger charge is 2.15. The second kappa shape index (κ2) is 4.67. The molecule has 0 unspecified atom stereocenters. The predicted molar refractivity (Wildman–Crippen MR) is 84.1 cm³/mol. The van der Waals surface area contributed by atoms with Gasteiger partial charge < -0.3 is 16.0 Å². The van der Waals surface area contributed by atoms with Crippen LogP contribution in [0.2, 0.25) is 0 Å². The fourth-order valence-corrected chi connectivity index (χ4v) is 3.53. The second-order valence-corrected chi connectivity index (χ2v) is 6.07. The average Bonchev–Trinajstić information content (AvgIpc) is 3.09. The van der Waals surface area contributed by atoms with Crippen LogP contribution in [0.5, 0.6) is 0 Å². The summed E-state index contributed by atoms with van der Waals surface area (Å²) in [6.45, 7) is 0.792. The summed E-state index contributed by atoms with van der Waals surface area (Å²) in [7, 11) is 0. The number of hydrogen-bond donors (Lipinski definition) is 3. The number of nitrogens with zero attached hydrogens (tertiary/aromatic N) is 1. The number of benzene rings is 1. The number of thiophene rings is 1. The Morgan fingerprint density at radius 1 is 1.36 bits per heavy atom. The van der Waals surface area contributed by atoms with Crippen molar-refractivity contribution < 1.29 is 9.18 Å². The average molecular weight is 314 g/mol. The van der Waals surface area contributed by atoms with Crippen LogP contribution in [0.1, 0.15) is 10.4 Å². The molecule has 2 aromatic heterocycles. The zero-order chi connectivity index (χ0) is 15.3. The van der Waals surface area contributed by atoms with E-state index in [1.807, 2.05) is 12.3 Å². The molecule has 22 heavy (non-hydrogen) atoms. The summed E-state index contributed by atoms with van der Waals surface area (Å²) >= 11 is 1.57. The molecule has 0 saturated carbocycles. The zero-order valence-electron chi connectivity index (χ0n) is 11.3. The van der Waals surface area contributed by atoms with Crippen LogP contribution in [-0.4, -0.2) is 22.4 Å². The number of carbonyl (C=O) groups is 1. The molecule has 0 aliphatic carbocycles. The first-order valence-electron chi connectivity index (χ1n) is 6.65. The number of halogens is 1. The van der Waals surface area contributed by atoms with Gasteiger partial charge in [0.15, 0.2) is 0 Å². The lowest BCUT2D eigenvalue weighted by Gasteiger charge is -1.96. The Labute approximate surface area is 128 Å². The van der Waals surface area contributed by atoms with Gasteiger partial charge >= 0.3 is 0 Å². The van der Waals surface area contributed by atoms with Crippen LogP contribution in [0.25, 0.3) is 34.0 Å². The number of hydrogen-bond acceptors (Lipinski definition) is 4. The molecule has 110 valence electrons. The molecule has 0 saturated heterocycles. The fraction of sp³-hybridized carbons (Fsp3) is 0.0667. The summed E-state index contributed by atoms with van der Waals surface area (Å²) in [5.74, 6) is -0.615. The number of amides is 1. The van der Waals surface area contributed by atoms with E-state index in [1.165, 1.54) is 6.07 Å². The first-order valence-corrected chi connectivity index (χ1v) is 7.46. The maximum Gasteiger partial charge on any atom is 0.251 e. The van der Waals surface area contributed by atoms with Crippen molar-refractivity contribution in [3.8, 4) is 10.7 Å². The van der Waals surface area contributed by atoms with Gasteiger partial charge in [-0.15, -0.1) is 11.3 Å². The summed E-state index contributed by atoms with van der Waals surface area (Å²) in [5.41, 5.74) is 6.23. The number of aromatic nitrogens is 2. The third kappa shape index (κ3) is 1.98. The standard InChI is InChI=1S/C15H11FN4OS/c16-8-4-9(14(17)21)13-10(5-8)19-15(20-13)11-3-7-1-2-18-6-12(7)22-11/h1,3-6,18H,2H2,(H2,17,21)(H,19,20). The molecule has 3 heterocycles. The van der Waals surface area contributed by atoms with Crippen molar-refractivity contribution in [3.63, 3.8) is 0 Å². The number of rotatable bonds is 2. The highest BCUT2D eigenvalue weighted by Crippen LogP contribution is 2.24. The van der Waals surface area contributed by atoms with Gasteiger partial charge in [-0.05, 0) is 23.4 Å². The maximum atomic E-state index is 13.6. The van der Waals surface area contributed by atoms with Crippen LogP contribution in [0.3, 0.4) is 0 Å². The van der Waals surface area contributed by atoms with Crippen molar-refractivity contribution >= 4 is 40.6 Å². The molecule has 5 nitrogen and oxygen atoms in total. The van der Waals surface area contributed by atoms with E-state index in [0.717, 1.165) is 27.2 Å². The van der Waals surface area contributed by atoms with E-state index >= 15 is 0 Å². The van der Waals surface area contributed by atoms with Crippen molar-refractivity contribution in [1.29, 1.82) is 0 Å². The minimum Gasteiger partial charge on any atom is -0.386 e. The van der Waals surface area contributed by atoms with Crippen molar-refractivity contribution in [2.45, 2.75) is 0 Å². The molecule has 7 heteroatoms. The van der Waals surface area contributed by atoms with Crippen LogP contribution >= 0.6 is 11.3 Å². The second-order valence-electron chi connectivity index (χ2n) is 4.99. The van der Waals surface area contributed by atoms with E-state index in [1.54, 1.807) is 11.3 Å². The first kappa shape index (κ1) is 13.0. The van der Waals surface area contributed by atoms with Gasteiger partial charge in [0.1, 0.15) is 17.2 Å². The number of aromatic amines is 1. The molecule has 4 rings (SSSR count). The van der Waals surface area contributed by atoms with Gasteiger partial charge in [-0.1, -0.05) is 6.08 Å². The third-order valence-corrected chi connectivity index (χ3v) is 4.62. The quantitative estimate of drug-likeness (QED) is 0.649. The Kier molecular flexibility index (Phi) is 2.77. The van der Waals surface area contributed by atoms with E-state index in [4.69, 9.17) is 5.73 Å². The Bertz CT molecular complexity index is 1000. The molecule has 1 aliphatic heterocycles. The molecular formula is C15H11FN4OS. The Morgan fingerprint density at radius 2 is 2.23 bits per heavy atom. The lowest BCUT2D eigenvalue weighted by atomic mass is 10.1. The molecule has 0 atom stereocenters. The molecule has 0 fully saturated rings. The molecular weight excluding hydrogens is 303 g/mol. The Morgan fingerprint density at radius 3 is 3.00 bits per heavy atom. The predicted octanol–water partition coefficient (Wildman–Crippen LogP) is 0.651. The summed E-state index contributed by atoms with van der Waals surface area (Å²) in [6, 6.07) is 4.45. The van der Waals surface area contributed by atoms with Gasteiger partial charge in [0.2, 0.25) is 0 Å². The highest BCUT2D eigenvalue weighted by molar-refractivity contribution is 7.13. The van der Waals surface area contributed by atoms with Crippen LogP contribution in [-0.2, 0) is 0 Å². The van der Waals surface area contributed by atoms with Crippen LogP contribution in [0, 0.1) is 5.82 Å². The minimum atomic E-state index is -0.695. The molecule has 1 amide bonds. The molecule has 4 N–H and O–H groups in total. The normalized spacial score (nSPS) is 13.1. The molecule has 0 bridgehead atoms. The molecule has 3 aromatic rings. The lowest BCUT2D eigenvalue weighted by Crippen LogP contribution is -2.28. The number of nitrogens with two attached hydrogens (primary N) is 1. The van der Waals surface area contributed by atoms with E-state index in [2.05, 4.69) is 21.4 Å². The minimum absolute atomic E-state index is 0.0820. The summed E-state index contributed by atoms with van der Waals surface area (Å²) in [4.78, 5) is 19.9. The molecule has 0 spiro atoms. The van der Waals surface area contributed by atoms with Gasteiger partial charge in [0.25, 0.3) is 5.91 Å². The van der Waals surface area contributed by atoms with Crippen molar-refractivity contribution in [2.75, 3.05) is 6.54 Å². The summed E-state index contributed by atoms with van der Waals surface area (Å²) in [5, 5.41) is 4.29. The van der Waals surface area contributed by atoms with Gasteiger partial charge in [0, 0.05) is 12.7 Å². The number of fused-ring (bicyclic) bond motifs is 2. The number of nitrogens with one attached hydrogen (secondary N) is 2. The highest BCUT2D eigenvalue weighted by atomic mass is 32.1. The molecule has 1 aliphatic rings. The van der Waals surface area contributed by atoms with Gasteiger partial charge in [-0.25, -0.2) is 9.37 Å². The first-order chi connectivity index (χ1) is 10.6. The smallest absolute Gasteiger partial charge is 0.251 e. The molecule has 1 aromatic carbocycles. The SMILES string of the molecule is NC(=O)c1cc(F)cc2[nH]c(-c3cc4c(s3)=CNCC=4)nc12. The third-order valence-electron chi connectivity index (χ3n) is 3.51. The van der Waals surface area contributed by atoms with E-state index in [9.17, 15) is 9.18 Å². The number of imidazole rings is 1. The molecule has 0 radical (unpaired) electrons. The van der Waals surface area contributed by atoms with Crippen molar-refractivity contribution in [1.82, 2.24) is 15.3 Å². The van der Waals surface area contributed by atoms with Gasteiger partial charge in [-0.3, -0.25) is 4.79 Å². The summed E-state index contributed by atoms with van der Waals surface area (Å²) < 4.78 is 14.7. The Hall–Kier alpha value is -2.67. The maximum absolute atomic E-state index is 13.6. The van der Waals surface area contributed by atoms with Crippen LogP contribution < -0.4 is 20.8 Å². The van der Waals surface area contributed by atoms with E-state index in [0.29, 0.717) is 16.9 Å². The van der Waals surface area contributed by atoms with Crippen LogP contribution in [0.15, 0.2) is 18.2 Å². The van der Waals surface area contributed by atoms with Crippen LogP contribution in [0.4, 0.5) is 4.39 Å². The largest absolute Gasteiger partial charge is 0.386 e. The summed E-state index contributed by atoms with van der Waals surface area (Å²) in [6.07, 6.45) is 4.05. The number of H-pyrrole nitrogens is 1. The monoisotopic (exact) mass is 314 g/mol. The van der Waals surface area contributed by atoms with Crippen molar-refractivity contribution in [2.24, 2.45) is 5.73 Å². The number of primary amides is 1. The van der Waals surface area contributed by atoms with Gasteiger partial charge in [0.05, 0.1) is 20.5 Å². The topological polar surface area (TPSA) is 83.8 Å². The van der Waals surface area contributed by atoms with Gasteiger partial charge in [-0.2, -0.15) is 0 Å². The van der Waals surface area contributed by atoms with Crippen molar-refractivity contribution in [3.05, 3.63) is 39.3 Å². The lowest BCUT2D eigenvalue weighted by molar-refractivity contribution is 0.100. The van der Waals surface area contributed by atoms with E-state index in [-0.39, 0.29) is 5.56 Å². The Balaban J connectivity index is 1.95. The zero-order valence-corrected chi connectivity index (χ0v) is 12.1. The van der Waals surface area contributed by atoms with E-state index < -0.39 is 11.7 Å².